The molecule has 0 amide bonds. The molecule has 0 heterocycles. The summed E-state index contributed by atoms with van der Waals surface area (Å²) < 4.78 is 0. The fourth-order valence-corrected chi connectivity index (χ4v) is 5.28. The first-order valence-corrected chi connectivity index (χ1v) is 8.61. The third-order valence-electron chi connectivity index (χ3n) is 5.56. The Hall–Kier alpha value is 0.220. The molecule has 0 nitrogen and oxygen atoms in total. The van der Waals surface area contributed by atoms with Crippen LogP contribution in [0.4, 0.5) is 0 Å². The van der Waals surface area contributed by atoms with E-state index in [0.717, 1.165) is 28.5 Å². The highest BCUT2D eigenvalue weighted by Gasteiger charge is 2.48. The van der Waals surface area contributed by atoms with Gasteiger partial charge in [0.1, 0.15) is 0 Å². The van der Waals surface area contributed by atoms with Crippen LogP contribution in [0.15, 0.2) is 11.6 Å². The lowest BCUT2D eigenvalue weighted by molar-refractivity contribution is 0.0458. The molecule has 0 N–H and O–H groups in total. The highest BCUT2D eigenvalue weighted by Crippen LogP contribution is 2.57. The summed E-state index contributed by atoms with van der Waals surface area (Å²) in [5, 5.41) is 0. The minimum atomic E-state index is 0.478. The summed E-state index contributed by atoms with van der Waals surface area (Å²) in [7, 11) is 0. The van der Waals surface area contributed by atoms with E-state index < -0.39 is 0 Å². The molecule has 0 spiro atoms. The van der Waals surface area contributed by atoms with Crippen molar-refractivity contribution in [1.29, 1.82) is 0 Å². The summed E-state index contributed by atoms with van der Waals surface area (Å²) in [5.74, 6) is 3.37. The van der Waals surface area contributed by atoms with Crippen molar-refractivity contribution in [2.75, 3.05) is 0 Å². The fraction of sp³-hybridized carbons (Fsp3) is 0.882. The molecule has 0 aromatic carbocycles. The third kappa shape index (κ3) is 2.44. The molecule has 2 aliphatic carbocycles. The van der Waals surface area contributed by atoms with Crippen LogP contribution in [0.2, 0.25) is 0 Å². The number of fused-ring (bicyclic) bond motifs is 1. The Balaban J connectivity index is 2.35. The molecule has 1 fully saturated rings. The van der Waals surface area contributed by atoms with Crippen molar-refractivity contribution in [2.45, 2.75) is 65.1 Å². The zero-order chi connectivity index (χ0) is 13.5. The number of halogens is 1. The highest BCUT2D eigenvalue weighted by atomic mass is 79.9. The maximum absolute atomic E-state index is 3.83. The number of allylic oxidation sites excluding steroid dienone is 2. The van der Waals surface area contributed by atoms with Crippen LogP contribution in [-0.2, 0) is 0 Å². The molecular weight excluding hydrogens is 284 g/mol. The van der Waals surface area contributed by atoms with Gasteiger partial charge in [-0.3, -0.25) is 0 Å². The van der Waals surface area contributed by atoms with E-state index in [1.807, 2.05) is 0 Å². The van der Waals surface area contributed by atoms with Crippen LogP contribution in [0.1, 0.15) is 60.3 Å². The molecule has 0 saturated heterocycles. The number of alkyl halides is 1. The van der Waals surface area contributed by atoms with E-state index in [1.54, 1.807) is 5.57 Å². The lowest BCUT2D eigenvalue weighted by Gasteiger charge is -2.53. The molecule has 0 bridgehead atoms. The summed E-state index contributed by atoms with van der Waals surface area (Å²) in [4.78, 5) is 0.722. The van der Waals surface area contributed by atoms with Gasteiger partial charge in [-0.05, 0) is 54.8 Å². The predicted octanol–water partition coefficient (Wildman–Crippen LogP) is 5.81. The average molecular weight is 313 g/mol. The Bertz CT molecular complexity index is 329. The van der Waals surface area contributed by atoms with E-state index in [4.69, 9.17) is 0 Å². The first-order chi connectivity index (χ1) is 8.36. The monoisotopic (exact) mass is 312 g/mol. The van der Waals surface area contributed by atoms with Crippen molar-refractivity contribution >= 4 is 15.9 Å². The molecule has 0 radical (unpaired) electrons. The third-order valence-corrected chi connectivity index (χ3v) is 6.34. The fourth-order valence-electron chi connectivity index (χ4n) is 4.70. The predicted molar refractivity (Wildman–Crippen MR) is 84.0 cm³/mol. The quantitative estimate of drug-likeness (QED) is 0.445. The van der Waals surface area contributed by atoms with Gasteiger partial charge in [-0.2, -0.15) is 0 Å². The van der Waals surface area contributed by atoms with Gasteiger partial charge in [0, 0.05) is 4.83 Å². The van der Waals surface area contributed by atoms with Gasteiger partial charge in [0.15, 0.2) is 0 Å². The molecule has 18 heavy (non-hydrogen) atoms. The van der Waals surface area contributed by atoms with Crippen molar-refractivity contribution in [3.63, 3.8) is 0 Å². The van der Waals surface area contributed by atoms with Gasteiger partial charge in [-0.1, -0.05) is 62.2 Å². The summed E-state index contributed by atoms with van der Waals surface area (Å²) in [5.41, 5.74) is 2.23. The molecule has 1 heteroatoms. The lowest BCUT2D eigenvalue weighted by Crippen LogP contribution is -2.45. The van der Waals surface area contributed by atoms with Crippen LogP contribution >= 0.6 is 15.9 Å². The van der Waals surface area contributed by atoms with Crippen LogP contribution in [0.5, 0.6) is 0 Å². The largest absolute Gasteiger partial charge is 0.0887 e. The molecule has 0 aromatic rings. The maximum Gasteiger partial charge on any atom is 0.0183 e. The van der Waals surface area contributed by atoms with Crippen molar-refractivity contribution in [3.05, 3.63) is 11.6 Å². The zero-order valence-corrected chi connectivity index (χ0v) is 14.3. The minimum Gasteiger partial charge on any atom is -0.0887 e. The Labute approximate surface area is 122 Å². The van der Waals surface area contributed by atoms with Crippen molar-refractivity contribution in [2.24, 2.45) is 29.1 Å². The molecule has 2 unspecified atom stereocenters. The summed E-state index contributed by atoms with van der Waals surface area (Å²) in [6.07, 6.45) is 7.91. The normalized spacial score (nSPS) is 40.9. The smallest absolute Gasteiger partial charge is 0.0183 e. The van der Waals surface area contributed by atoms with E-state index in [2.05, 4.69) is 56.6 Å². The summed E-state index contributed by atoms with van der Waals surface area (Å²) >= 11 is 3.83. The van der Waals surface area contributed by atoms with E-state index in [-0.39, 0.29) is 0 Å². The maximum atomic E-state index is 3.83. The van der Waals surface area contributed by atoms with Crippen molar-refractivity contribution < 1.29 is 0 Å². The van der Waals surface area contributed by atoms with Gasteiger partial charge >= 0.3 is 0 Å². The van der Waals surface area contributed by atoms with E-state index in [9.17, 15) is 0 Å². The minimum absolute atomic E-state index is 0.478. The molecule has 2 rings (SSSR count). The second-order valence-electron chi connectivity index (χ2n) is 7.40. The standard InChI is InChI=1S/C17H29Br/c1-11(2)15-7-6-13-10-14(18)8-9-17(13,5)16(15)12(3)4/h6,11-12,14-16H,7-10H2,1-5H3/t14-,15?,16?,17-/m0/s1. The van der Waals surface area contributed by atoms with Crippen LogP contribution in [0.3, 0.4) is 0 Å². The average Bonchev–Trinajstić information content (AvgIpc) is 2.27. The van der Waals surface area contributed by atoms with Gasteiger partial charge in [-0.15, -0.1) is 0 Å². The van der Waals surface area contributed by atoms with E-state index >= 15 is 0 Å². The van der Waals surface area contributed by atoms with Gasteiger partial charge in [-0.25, -0.2) is 0 Å². The zero-order valence-electron chi connectivity index (χ0n) is 12.7. The van der Waals surface area contributed by atoms with Crippen LogP contribution in [-0.4, -0.2) is 4.83 Å². The first-order valence-electron chi connectivity index (χ1n) is 7.70. The SMILES string of the molecule is CC(C)C1CC=C2C[C@@H](Br)CC[C@]2(C)C1C(C)C. The molecule has 0 aromatic heterocycles. The topological polar surface area (TPSA) is 0 Å². The van der Waals surface area contributed by atoms with E-state index in [0.29, 0.717) is 5.41 Å². The second-order valence-corrected chi connectivity index (χ2v) is 8.70. The van der Waals surface area contributed by atoms with Gasteiger partial charge in [0.05, 0.1) is 0 Å². The molecular formula is C17H29Br. The highest BCUT2D eigenvalue weighted by molar-refractivity contribution is 9.09. The Morgan fingerprint density at radius 2 is 1.89 bits per heavy atom. The molecule has 1 saturated carbocycles. The number of hydrogen-bond donors (Lipinski definition) is 0. The van der Waals surface area contributed by atoms with Crippen molar-refractivity contribution in [3.8, 4) is 0 Å². The number of rotatable bonds is 2. The van der Waals surface area contributed by atoms with Gasteiger partial charge in [0.25, 0.3) is 0 Å². The molecule has 2 aliphatic rings. The van der Waals surface area contributed by atoms with Crippen LogP contribution < -0.4 is 0 Å². The summed E-state index contributed by atoms with van der Waals surface area (Å²) in [6.45, 7) is 12.3. The van der Waals surface area contributed by atoms with E-state index in [1.165, 1.54) is 25.7 Å². The van der Waals surface area contributed by atoms with Gasteiger partial charge < -0.3 is 0 Å². The Kier molecular flexibility index (Phi) is 4.31. The van der Waals surface area contributed by atoms with Crippen molar-refractivity contribution in [1.82, 2.24) is 0 Å². The molecule has 0 aliphatic heterocycles. The van der Waals surface area contributed by atoms with Crippen LogP contribution in [0, 0.1) is 29.1 Å². The molecule has 104 valence electrons. The summed E-state index contributed by atoms with van der Waals surface area (Å²) in [6, 6.07) is 0. The number of hydrogen-bond acceptors (Lipinski definition) is 0. The lowest BCUT2D eigenvalue weighted by atomic mass is 9.52. The second kappa shape index (κ2) is 5.31. The van der Waals surface area contributed by atoms with Crippen LogP contribution in [0.25, 0.3) is 0 Å². The Morgan fingerprint density at radius 1 is 1.22 bits per heavy atom. The molecule has 4 atom stereocenters. The Morgan fingerprint density at radius 3 is 2.44 bits per heavy atom. The van der Waals surface area contributed by atoms with Gasteiger partial charge in [0.2, 0.25) is 0 Å². The first kappa shape index (κ1) is 14.6.